The maximum Gasteiger partial charge on any atom is 0.227 e. The SMILES string of the molecule is CCc1ccc(N2C[C@@H](C(=O)NCCN(C(C)C)C(C)C)CC2=O)cc1. The molecule has 1 atom stereocenters. The van der Waals surface area contributed by atoms with Gasteiger partial charge >= 0.3 is 0 Å². The smallest absolute Gasteiger partial charge is 0.227 e. The fourth-order valence-corrected chi connectivity index (χ4v) is 3.61. The van der Waals surface area contributed by atoms with E-state index in [1.165, 1.54) is 5.56 Å². The number of nitrogens with zero attached hydrogens (tertiary/aromatic N) is 2. The summed E-state index contributed by atoms with van der Waals surface area (Å²) in [6.07, 6.45) is 1.27. The van der Waals surface area contributed by atoms with Gasteiger partial charge in [0.15, 0.2) is 0 Å². The van der Waals surface area contributed by atoms with Gasteiger partial charge < -0.3 is 10.2 Å². The van der Waals surface area contributed by atoms with Gasteiger partial charge in [-0.2, -0.15) is 0 Å². The summed E-state index contributed by atoms with van der Waals surface area (Å²) < 4.78 is 0. The third-order valence-electron chi connectivity index (χ3n) is 5.15. The van der Waals surface area contributed by atoms with Crippen molar-refractivity contribution >= 4 is 17.5 Å². The normalized spacial score (nSPS) is 17.6. The zero-order valence-electron chi connectivity index (χ0n) is 16.8. The van der Waals surface area contributed by atoms with E-state index in [9.17, 15) is 9.59 Å². The van der Waals surface area contributed by atoms with Gasteiger partial charge in [0.1, 0.15) is 0 Å². The van der Waals surface area contributed by atoms with Crippen LogP contribution in [0.25, 0.3) is 0 Å². The van der Waals surface area contributed by atoms with Crippen molar-refractivity contribution in [3.05, 3.63) is 29.8 Å². The lowest BCUT2D eigenvalue weighted by Crippen LogP contribution is -2.43. The van der Waals surface area contributed by atoms with Crippen LogP contribution in [0.2, 0.25) is 0 Å². The standard InChI is InChI=1S/C21H33N3O2/c1-6-17-7-9-19(10-8-17)24-14-18(13-20(24)25)21(26)22-11-12-23(15(2)3)16(4)5/h7-10,15-16,18H,6,11-14H2,1-5H3,(H,22,26)/t18-/m0/s1. The quantitative estimate of drug-likeness (QED) is 0.776. The van der Waals surface area contributed by atoms with Crippen LogP contribution in [-0.2, 0) is 16.0 Å². The Morgan fingerprint density at radius 3 is 2.35 bits per heavy atom. The zero-order valence-corrected chi connectivity index (χ0v) is 16.8. The Labute approximate surface area is 157 Å². The fraction of sp³-hybridized carbons (Fsp3) is 0.619. The van der Waals surface area contributed by atoms with E-state index in [-0.39, 0.29) is 17.7 Å². The first-order valence-electron chi connectivity index (χ1n) is 9.76. The van der Waals surface area contributed by atoms with Crippen molar-refractivity contribution in [2.24, 2.45) is 5.92 Å². The van der Waals surface area contributed by atoms with E-state index in [4.69, 9.17) is 0 Å². The van der Waals surface area contributed by atoms with Crippen molar-refractivity contribution in [1.29, 1.82) is 0 Å². The third-order valence-corrected chi connectivity index (χ3v) is 5.15. The van der Waals surface area contributed by atoms with Crippen LogP contribution in [0, 0.1) is 5.92 Å². The molecule has 1 fully saturated rings. The van der Waals surface area contributed by atoms with Crippen LogP contribution in [0.4, 0.5) is 5.69 Å². The molecule has 1 aliphatic heterocycles. The predicted molar refractivity (Wildman–Crippen MR) is 106 cm³/mol. The number of hydrogen-bond acceptors (Lipinski definition) is 3. The summed E-state index contributed by atoms with van der Waals surface area (Å²) in [6, 6.07) is 8.92. The highest BCUT2D eigenvalue weighted by atomic mass is 16.2. The number of carbonyl (C=O) groups excluding carboxylic acids is 2. The molecule has 1 saturated heterocycles. The lowest BCUT2D eigenvalue weighted by Gasteiger charge is -2.30. The molecule has 1 aliphatic rings. The van der Waals surface area contributed by atoms with Gasteiger partial charge in [0.05, 0.1) is 5.92 Å². The van der Waals surface area contributed by atoms with Crippen molar-refractivity contribution in [2.45, 2.75) is 59.5 Å². The summed E-state index contributed by atoms with van der Waals surface area (Å²) in [7, 11) is 0. The number of anilines is 1. The van der Waals surface area contributed by atoms with Gasteiger partial charge in [-0.1, -0.05) is 19.1 Å². The van der Waals surface area contributed by atoms with E-state index in [1.54, 1.807) is 4.90 Å². The second kappa shape index (κ2) is 9.17. The minimum absolute atomic E-state index is 0.0153. The van der Waals surface area contributed by atoms with Gasteiger partial charge in [0.25, 0.3) is 0 Å². The number of rotatable bonds is 8. The molecule has 1 heterocycles. The van der Waals surface area contributed by atoms with Crippen LogP contribution in [0.15, 0.2) is 24.3 Å². The Morgan fingerprint density at radius 1 is 1.19 bits per heavy atom. The monoisotopic (exact) mass is 359 g/mol. The molecular weight excluding hydrogens is 326 g/mol. The van der Waals surface area contributed by atoms with E-state index in [1.807, 2.05) is 24.3 Å². The summed E-state index contributed by atoms with van der Waals surface area (Å²) in [6.45, 7) is 12.7. The molecule has 5 nitrogen and oxygen atoms in total. The highest BCUT2D eigenvalue weighted by Crippen LogP contribution is 2.25. The summed E-state index contributed by atoms with van der Waals surface area (Å²) >= 11 is 0. The largest absolute Gasteiger partial charge is 0.355 e. The van der Waals surface area contributed by atoms with Gasteiger partial charge in [-0.15, -0.1) is 0 Å². The minimum atomic E-state index is -0.264. The molecule has 2 amide bonds. The van der Waals surface area contributed by atoms with E-state index in [0.29, 0.717) is 31.6 Å². The fourth-order valence-electron chi connectivity index (χ4n) is 3.61. The number of amides is 2. The first-order valence-corrected chi connectivity index (χ1v) is 9.76. The highest BCUT2D eigenvalue weighted by Gasteiger charge is 2.35. The molecule has 1 aromatic rings. The topological polar surface area (TPSA) is 52.7 Å². The molecule has 0 spiro atoms. The van der Waals surface area contributed by atoms with Crippen LogP contribution in [0.3, 0.4) is 0 Å². The Morgan fingerprint density at radius 2 is 1.81 bits per heavy atom. The molecule has 0 bridgehead atoms. The number of carbonyl (C=O) groups is 2. The molecule has 144 valence electrons. The van der Waals surface area contributed by atoms with Gasteiger partial charge in [0, 0.05) is 43.8 Å². The molecule has 5 heteroatoms. The van der Waals surface area contributed by atoms with Crippen molar-refractivity contribution in [3.63, 3.8) is 0 Å². The maximum absolute atomic E-state index is 12.5. The first-order chi connectivity index (χ1) is 12.3. The summed E-state index contributed by atoms with van der Waals surface area (Å²) in [4.78, 5) is 28.9. The van der Waals surface area contributed by atoms with Crippen LogP contribution >= 0.6 is 0 Å². The molecule has 0 aromatic heterocycles. The number of aryl methyl sites for hydroxylation is 1. The molecule has 1 aromatic carbocycles. The highest BCUT2D eigenvalue weighted by molar-refractivity contribution is 6.00. The summed E-state index contributed by atoms with van der Waals surface area (Å²) in [5, 5.41) is 3.02. The predicted octanol–water partition coefficient (Wildman–Crippen LogP) is 2.84. The van der Waals surface area contributed by atoms with Crippen molar-refractivity contribution in [3.8, 4) is 0 Å². The Hall–Kier alpha value is -1.88. The number of hydrogen-bond donors (Lipinski definition) is 1. The molecule has 0 radical (unpaired) electrons. The lowest BCUT2D eigenvalue weighted by atomic mass is 10.1. The van der Waals surface area contributed by atoms with Gasteiger partial charge in [-0.3, -0.25) is 14.5 Å². The van der Waals surface area contributed by atoms with Gasteiger partial charge in [0.2, 0.25) is 11.8 Å². The third kappa shape index (κ3) is 5.07. The lowest BCUT2D eigenvalue weighted by molar-refractivity contribution is -0.126. The molecule has 0 saturated carbocycles. The average Bonchev–Trinajstić information content (AvgIpc) is 2.99. The summed E-state index contributed by atoms with van der Waals surface area (Å²) in [5.41, 5.74) is 2.13. The van der Waals surface area contributed by atoms with Crippen molar-refractivity contribution in [1.82, 2.24) is 10.2 Å². The van der Waals surface area contributed by atoms with E-state index < -0.39 is 0 Å². The van der Waals surface area contributed by atoms with E-state index in [0.717, 1.165) is 18.7 Å². The summed E-state index contributed by atoms with van der Waals surface area (Å²) in [5.74, 6) is -0.251. The van der Waals surface area contributed by atoms with Crippen molar-refractivity contribution in [2.75, 3.05) is 24.5 Å². The van der Waals surface area contributed by atoms with Crippen LogP contribution in [0.1, 0.15) is 46.6 Å². The van der Waals surface area contributed by atoms with Crippen molar-refractivity contribution < 1.29 is 9.59 Å². The second-order valence-electron chi connectivity index (χ2n) is 7.64. The Kier molecular flexibility index (Phi) is 7.21. The second-order valence-corrected chi connectivity index (χ2v) is 7.64. The van der Waals surface area contributed by atoms with Crippen LogP contribution < -0.4 is 10.2 Å². The van der Waals surface area contributed by atoms with E-state index >= 15 is 0 Å². The zero-order chi connectivity index (χ0) is 19.3. The average molecular weight is 360 g/mol. The number of nitrogens with one attached hydrogen (secondary N) is 1. The van der Waals surface area contributed by atoms with Crippen LogP contribution in [-0.4, -0.2) is 48.4 Å². The van der Waals surface area contributed by atoms with Gasteiger partial charge in [-0.25, -0.2) is 0 Å². The Bertz CT molecular complexity index is 602. The first kappa shape index (κ1) is 20.4. The molecule has 26 heavy (non-hydrogen) atoms. The molecule has 0 aliphatic carbocycles. The molecule has 0 unspecified atom stereocenters. The number of benzene rings is 1. The molecule has 1 N–H and O–H groups in total. The maximum atomic E-state index is 12.5. The van der Waals surface area contributed by atoms with Gasteiger partial charge in [-0.05, 0) is 51.8 Å². The minimum Gasteiger partial charge on any atom is -0.355 e. The molecule has 2 rings (SSSR count). The van der Waals surface area contributed by atoms with E-state index in [2.05, 4.69) is 44.8 Å². The van der Waals surface area contributed by atoms with Crippen LogP contribution in [0.5, 0.6) is 0 Å². The Balaban J connectivity index is 1.88. The molecular formula is C21H33N3O2.